The number of nitrogens with zero attached hydrogens (tertiary/aromatic N) is 2. The standard InChI is InChI=1S/C14H25N3O/c1-3-12(11-18-2)16-14-15-9-10-17(14)13-7-5-4-6-8-13/h9-10,12-13H,3-8,11H2,1-2H3,(H,15,16). The summed E-state index contributed by atoms with van der Waals surface area (Å²) < 4.78 is 7.55. The van der Waals surface area contributed by atoms with E-state index < -0.39 is 0 Å². The van der Waals surface area contributed by atoms with E-state index in [-0.39, 0.29) is 0 Å². The Balaban J connectivity index is 2.01. The number of hydrogen-bond acceptors (Lipinski definition) is 3. The molecule has 1 atom stereocenters. The van der Waals surface area contributed by atoms with Crippen LogP contribution in [0.25, 0.3) is 0 Å². The van der Waals surface area contributed by atoms with Gasteiger partial charge in [-0.05, 0) is 19.3 Å². The topological polar surface area (TPSA) is 39.1 Å². The van der Waals surface area contributed by atoms with Gasteiger partial charge in [-0.3, -0.25) is 0 Å². The molecular formula is C14H25N3O. The van der Waals surface area contributed by atoms with Gasteiger partial charge in [0.25, 0.3) is 0 Å². The Morgan fingerprint density at radius 1 is 1.44 bits per heavy atom. The first-order valence-corrected chi connectivity index (χ1v) is 7.13. The van der Waals surface area contributed by atoms with Crippen LogP contribution >= 0.6 is 0 Å². The molecule has 0 aromatic carbocycles. The number of nitrogens with one attached hydrogen (secondary N) is 1. The first kappa shape index (κ1) is 13.4. The van der Waals surface area contributed by atoms with Gasteiger partial charge in [0.15, 0.2) is 0 Å². The van der Waals surface area contributed by atoms with Crippen molar-refractivity contribution in [2.75, 3.05) is 19.0 Å². The number of imidazole rings is 1. The van der Waals surface area contributed by atoms with E-state index in [2.05, 4.69) is 28.0 Å². The van der Waals surface area contributed by atoms with Crippen molar-refractivity contribution >= 4 is 5.95 Å². The first-order valence-electron chi connectivity index (χ1n) is 7.13. The molecule has 0 bridgehead atoms. The highest BCUT2D eigenvalue weighted by Crippen LogP contribution is 2.30. The van der Waals surface area contributed by atoms with Crippen LogP contribution in [0, 0.1) is 0 Å². The van der Waals surface area contributed by atoms with E-state index in [9.17, 15) is 0 Å². The molecule has 4 heteroatoms. The average Bonchev–Trinajstić information content (AvgIpc) is 2.87. The minimum absolute atomic E-state index is 0.347. The van der Waals surface area contributed by atoms with Crippen LogP contribution in [0.3, 0.4) is 0 Å². The summed E-state index contributed by atoms with van der Waals surface area (Å²) in [5, 5.41) is 3.50. The van der Waals surface area contributed by atoms with Crippen LogP contribution in [-0.2, 0) is 4.74 Å². The Labute approximate surface area is 110 Å². The third-order valence-corrected chi connectivity index (χ3v) is 3.83. The zero-order valence-electron chi connectivity index (χ0n) is 11.6. The second kappa shape index (κ2) is 6.78. The van der Waals surface area contributed by atoms with Gasteiger partial charge in [-0.1, -0.05) is 26.2 Å². The molecule has 1 fully saturated rings. The molecule has 0 amide bonds. The largest absolute Gasteiger partial charge is 0.383 e. The van der Waals surface area contributed by atoms with E-state index in [0.29, 0.717) is 12.1 Å². The summed E-state index contributed by atoms with van der Waals surface area (Å²) in [5.41, 5.74) is 0. The lowest BCUT2D eigenvalue weighted by molar-refractivity contribution is 0.184. The summed E-state index contributed by atoms with van der Waals surface area (Å²) in [6.45, 7) is 2.90. The smallest absolute Gasteiger partial charge is 0.203 e. The van der Waals surface area contributed by atoms with Gasteiger partial charge < -0.3 is 14.6 Å². The van der Waals surface area contributed by atoms with Crippen molar-refractivity contribution in [2.24, 2.45) is 0 Å². The van der Waals surface area contributed by atoms with Crippen molar-refractivity contribution < 1.29 is 4.74 Å². The van der Waals surface area contributed by atoms with Crippen LogP contribution in [0.15, 0.2) is 12.4 Å². The number of anilines is 1. The SMILES string of the molecule is CCC(COC)Nc1nccn1C1CCCCC1. The Kier molecular flexibility index (Phi) is 5.05. The predicted octanol–water partition coefficient (Wildman–Crippen LogP) is 3.23. The molecule has 1 aromatic rings. The van der Waals surface area contributed by atoms with Gasteiger partial charge in [-0.25, -0.2) is 4.98 Å². The molecule has 1 unspecified atom stereocenters. The molecule has 0 aliphatic heterocycles. The zero-order chi connectivity index (χ0) is 12.8. The van der Waals surface area contributed by atoms with Crippen LogP contribution in [0.5, 0.6) is 0 Å². The van der Waals surface area contributed by atoms with E-state index in [1.165, 1.54) is 32.1 Å². The molecule has 1 saturated carbocycles. The lowest BCUT2D eigenvalue weighted by atomic mass is 9.95. The molecule has 0 spiro atoms. The molecule has 18 heavy (non-hydrogen) atoms. The van der Waals surface area contributed by atoms with Gasteiger partial charge in [0.2, 0.25) is 5.95 Å². The fourth-order valence-corrected chi connectivity index (χ4v) is 2.72. The summed E-state index contributed by atoms with van der Waals surface area (Å²) >= 11 is 0. The molecule has 4 nitrogen and oxygen atoms in total. The maximum Gasteiger partial charge on any atom is 0.203 e. The van der Waals surface area contributed by atoms with Crippen LogP contribution in [0.4, 0.5) is 5.95 Å². The molecule has 1 aliphatic carbocycles. The Morgan fingerprint density at radius 2 is 2.22 bits per heavy atom. The van der Waals surface area contributed by atoms with Gasteiger partial charge in [-0.2, -0.15) is 0 Å². The third-order valence-electron chi connectivity index (χ3n) is 3.83. The zero-order valence-corrected chi connectivity index (χ0v) is 11.6. The van der Waals surface area contributed by atoms with E-state index in [0.717, 1.165) is 19.0 Å². The maximum atomic E-state index is 5.23. The Bertz CT molecular complexity index is 345. The molecule has 0 saturated heterocycles. The van der Waals surface area contributed by atoms with Gasteiger partial charge in [0.1, 0.15) is 0 Å². The number of aromatic nitrogens is 2. The van der Waals surface area contributed by atoms with Crippen molar-refractivity contribution in [3.05, 3.63) is 12.4 Å². The van der Waals surface area contributed by atoms with Crippen LogP contribution < -0.4 is 5.32 Å². The highest BCUT2D eigenvalue weighted by molar-refractivity contribution is 5.28. The molecule has 1 heterocycles. The van der Waals surface area contributed by atoms with Crippen LogP contribution in [-0.4, -0.2) is 29.3 Å². The summed E-state index contributed by atoms with van der Waals surface area (Å²) in [5.74, 6) is 1.01. The predicted molar refractivity (Wildman–Crippen MR) is 73.9 cm³/mol. The number of rotatable bonds is 6. The normalized spacial score (nSPS) is 18.8. The fourth-order valence-electron chi connectivity index (χ4n) is 2.72. The fraction of sp³-hybridized carbons (Fsp3) is 0.786. The van der Waals surface area contributed by atoms with Crippen molar-refractivity contribution in [3.63, 3.8) is 0 Å². The summed E-state index contributed by atoms with van der Waals surface area (Å²) in [6.07, 6.45) is 11.7. The van der Waals surface area contributed by atoms with Gasteiger partial charge >= 0.3 is 0 Å². The minimum atomic E-state index is 0.347. The number of hydrogen-bond donors (Lipinski definition) is 1. The van der Waals surface area contributed by atoms with Crippen molar-refractivity contribution in [1.29, 1.82) is 0 Å². The first-order chi connectivity index (χ1) is 8.85. The second-order valence-electron chi connectivity index (χ2n) is 5.15. The molecule has 102 valence electrons. The molecule has 1 N–H and O–H groups in total. The highest BCUT2D eigenvalue weighted by Gasteiger charge is 2.18. The van der Waals surface area contributed by atoms with Crippen molar-refractivity contribution in [2.45, 2.75) is 57.5 Å². The van der Waals surface area contributed by atoms with E-state index >= 15 is 0 Å². The number of methoxy groups -OCH3 is 1. The van der Waals surface area contributed by atoms with Crippen LogP contribution in [0.2, 0.25) is 0 Å². The number of ether oxygens (including phenoxy) is 1. The lowest BCUT2D eigenvalue weighted by Gasteiger charge is -2.26. The molecule has 2 rings (SSSR count). The van der Waals surface area contributed by atoms with E-state index in [4.69, 9.17) is 4.74 Å². The van der Waals surface area contributed by atoms with Crippen LogP contribution in [0.1, 0.15) is 51.5 Å². The van der Waals surface area contributed by atoms with E-state index in [1.807, 2.05) is 6.20 Å². The molecule has 1 aromatic heterocycles. The monoisotopic (exact) mass is 251 g/mol. The molecule has 1 aliphatic rings. The highest BCUT2D eigenvalue weighted by atomic mass is 16.5. The third kappa shape index (κ3) is 3.25. The summed E-state index contributed by atoms with van der Waals surface area (Å²) in [6, 6.07) is 0.976. The van der Waals surface area contributed by atoms with Crippen molar-refractivity contribution in [3.8, 4) is 0 Å². The quantitative estimate of drug-likeness (QED) is 0.843. The average molecular weight is 251 g/mol. The minimum Gasteiger partial charge on any atom is -0.383 e. The molecule has 0 radical (unpaired) electrons. The second-order valence-corrected chi connectivity index (χ2v) is 5.15. The van der Waals surface area contributed by atoms with Gasteiger partial charge in [-0.15, -0.1) is 0 Å². The van der Waals surface area contributed by atoms with Crippen molar-refractivity contribution in [1.82, 2.24) is 9.55 Å². The summed E-state index contributed by atoms with van der Waals surface area (Å²) in [7, 11) is 1.75. The molecular weight excluding hydrogens is 226 g/mol. The lowest BCUT2D eigenvalue weighted by Crippen LogP contribution is -2.27. The summed E-state index contributed by atoms with van der Waals surface area (Å²) in [4.78, 5) is 4.46. The van der Waals surface area contributed by atoms with Gasteiger partial charge in [0.05, 0.1) is 12.6 Å². The maximum absolute atomic E-state index is 5.23. The van der Waals surface area contributed by atoms with Gasteiger partial charge in [0, 0.05) is 25.5 Å². The Hall–Kier alpha value is -1.03. The van der Waals surface area contributed by atoms with E-state index in [1.54, 1.807) is 7.11 Å². The Morgan fingerprint density at radius 3 is 2.89 bits per heavy atom.